The lowest BCUT2D eigenvalue weighted by molar-refractivity contribution is -0.0132. The quantitative estimate of drug-likeness (QED) is 0.386. The van der Waals surface area contributed by atoms with Gasteiger partial charge in [0.2, 0.25) is 0 Å². The molecule has 1 heterocycles. The average Bonchev–Trinajstić information content (AvgIpc) is 2.70. The second-order valence-electron chi connectivity index (χ2n) is 5.59. The van der Waals surface area contributed by atoms with Crippen LogP contribution in [-0.4, -0.2) is 57.4 Å². The third kappa shape index (κ3) is 5.00. The number of hydrogen-bond acceptors (Lipinski definition) is 5. The molecule has 5 heteroatoms. The van der Waals surface area contributed by atoms with Gasteiger partial charge in [0.05, 0.1) is 31.0 Å². The van der Waals surface area contributed by atoms with E-state index >= 15 is 0 Å². The minimum absolute atomic E-state index is 0.188. The number of rotatable bonds is 9. The van der Waals surface area contributed by atoms with Crippen LogP contribution in [0.15, 0.2) is 0 Å². The molecular formula is C14H29NO4. The molecule has 0 spiro atoms. The number of aliphatic hydroxyl groups excluding tert-OH is 4. The van der Waals surface area contributed by atoms with Gasteiger partial charge in [0.25, 0.3) is 0 Å². The van der Waals surface area contributed by atoms with Gasteiger partial charge in [-0.05, 0) is 6.42 Å². The van der Waals surface area contributed by atoms with Gasteiger partial charge in [-0.15, -0.1) is 0 Å². The number of aliphatic hydroxyl groups is 4. The van der Waals surface area contributed by atoms with Gasteiger partial charge in [-0.3, -0.25) is 0 Å². The molecule has 19 heavy (non-hydrogen) atoms. The topological polar surface area (TPSA) is 93.0 Å². The van der Waals surface area contributed by atoms with E-state index in [1.807, 2.05) is 0 Å². The van der Waals surface area contributed by atoms with Crippen LogP contribution in [-0.2, 0) is 0 Å². The molecule has 0 bridgehead atoms. The van der Waals surface area contributed by atoms with E-state index < -0.39 is 31.0 Å². The predicted molar refractivity (Wildman–Crippen MR) is 73.8 cm³/mol. The molecule has 5 nitrogen and oxygen atoms in total. The standard InChI is InChI=1S/C14H29NO4/c1-2-3-4-5-6-7-8-10-13(18)14(19)12(15-10)11(17)9-16/h10-19H,2-9H2,1H3/t10-,11-,12-,13+,14-/m0/s1. The van der Waals surface area contributed by atoms with Crippen molar-refractivity contribution < 1.29 is 20.4 Å². The van der Waals surface area contributed by atoms with Crippen LogP contribution in [0.25, 0.3) is 0 Å². The normalized spacial score (nSPS) is 32.7. The fourth-order valence-corrected chi connectivity index (χ4v) is 2.75. The van der Waals surface area contributed by atoms with Gasteiger partial charge in [-0.25, -0.2) is 0 Å². The first kappa shape index (κ1) is 16.9. The van der Waals surface area contributed by atoms with Crippen molar-refractivity contribution in [2.24, 2.45) is 0 Å². The zero-order valence-corrected chi connectivity index (χ0v) is 11.8. The largest absolute Gasteiger partial charge is 0.394 e. The van der Waals surface area contributed by atoms with Crippen LogP contribution in [0.5, 0.6) is 0 Å². The van der Waals surface area contributed by atoms with Crippen molar-refractivity contribution in [1.82, 2.24) is 5.32 Å². The van der Waals surface area contributed by atoms with Crippen LogP contribution in [0, 0.1) is 0 Å². The predicted octanol–water partition coefficient (Wildman–Crippen LogP) is 0.152. The first-order chi connectivity index (χ1) is 9.11. The Morgan fingerprint density at radius 2 is 1.63 bits per heavy atom. The van der Waals surface area contributed by atoms with Crippen molar-refractivity contribution >= 4 is 0 Å². The molecule has 1 fully saturated rings. The van der Waals surface area contributed by atoms with Crippen LogP contribution in [0.4, 0.5) is 0 Å². The maximum absolute atomic E-state index is 9.91. The molecule has 1 rings (SSSR count). The highest BCUT2D eigenvalue weighted by atomic mass is 16.3. The van der Waals surface area contributed by atoms with E-state index in [1.165, 1.54) is 25.7 Å². The molecule has 0 unspecified atom stereocenters. The summed E-state index contributed by atoms with van der Waals surface area (Å²) in [5.41, 5.74) is 0. The zero-order valence-electron chi connectivity index (χ0n) is 11.8. The van der Waals surface area contributed by atoms with Crippen LogP contribution in [0.3, 0.4) is 0 Å². The lowest BCUT2D eigenvalue weighted by atomic mass is 10.0. The molecule has 1 aliphatic heterocycles. The highest BCUT2D eigenvalue weighted by molar-refractivity contribution is 5.00. The van der Waals surface area contributed by atoms with Gasteiger partial charge in [0.15, 0.2) is 0 Å². The second-order valence-corrected chi connectivity index (χ2v) is 5.59. The fourth-order valence-electron chi connectivity index (χ4n) is 2.75. The Bertz CT molecular complexity index is 239. The van der Waals surface area contributed by atoms with Crippen LogP contribution in [0.2, 0.25) is 0 Å². The van der Waals surface area contributed by atoms with Crippen molar-refractivity contribution in [2.45, 2.75) is 82.3 Å². The molecule has 0 aromatic carbocycles. The Hall–Kier alpha value is -0.200. The van der Waals surface area contributed by atoms with E-state index in [4.69, 9.17) is 5.11 Å². The molecule has 0 amide bonds. The van der Waals surface area contributed by atoms with Gasteiger partial charge in [-0.1, -0.05) is 45.4 Å². The molecule has 0 radical (unpaired) electrons. The molecule has 114 valence electrons. The van der Waals surface area contributed by atoms with Crippen LogP contribution < -0.4 is 5.32 Å². The molecule has 1 saturated heterocycles. The third-order valence-electron chi connectivity index (χ3n) is 4.01. The summed E-state index contributed by atoms with van der Waals surface area (Å²) in [6, 6.07) is -0.822. The van der Waals surface area contributed by atoms with E-state index in [-0.39, 0.29) is 6.04 Å². The first-order valence-corrected chi connectivity index (χ1v) is 7.53. The van der Waals surface area contributed by atoms with Crippen LogP contribution in [0.1, 0.15) is 51.9 Å². The number of hydrogen-bond donors (Lipinski definition) is 5. The second kappa shape index (κ2) is 8.87. The summed E-state index contributed by atoms with van der Waals surface area (Å²) >= 11 is 0. The summed E-state index contributed by atoms with van der Waals surface area (Å²) in [5, 5.41) is 41.2. The van der Waals surface area contributed by atoms with Crippen molar-refractivity contribution in [2.75, 3.05) is 6.61 Å². The van der Waals surface area contributed by atoms with E-state index in [0.29, 0.717) is 0 Å². The van der Waals surface area contributed by atoms with Crippen molar-refractivity contribution in [3.05, 3.63) is 0 Å². The van der Waals surface area contributed by atoms with Gasteiger partial charge in [0.1, 0.15) is 0 Å². The minimum Gasteiger partial charge on any atom is -0.394 e. The summed E-state index contributed by atoms with van der Waals surface area (Å²) < 4.78 is 0. The molecule has 0 aromatic rings. The number of unbranched alkanes of at least 4 members (excludes halogenated alkanes) is 5. The Morgan fingerprint density at radius 3 is 2.26 bits per heavy atom. The zero-order chi connectivity index (χ0) is 14.3. The maximum Gasteiger partial charge on any atom is 0.0993 e. The van der Waals surface area contributed by atoms with Gasteiger partial charge >= 0.3 is 0 Å². The average molecular weight is 275 g/mol. The van der Waals surface area contributed by atoms with Crippen molar-refractivity contribution in [1.29, 1.82) is 0 Å². The van der Waals surface area contributed by atoms with Crippen molar-refractivity contribution in [3.63, 3.8) is 0 Å². The third-order valence-corrected chi connectivity index (χ3v) is 4.01. The highest BCUT2D eigenvalue weighted by Crippen LogP contribution is 2.21. The van der Waals surface area contributed by atoms with E-state index in [9.17, 15) is 15.3 Å². The summed E-state index contributed by atoms with van der Waals surface area (Å²) in [5.74, 6) is 0. The highest BCUT2D eigenvalue weighted by Gasteiger charge is 2.43. The summed E-state index contributed by atoms with van der Waals surface area (Å²) in [7, 11) is 0. The molecule has 0 saturated carbocycles. The number of nitrogens with one attached hydrogen (secondary N) is 1. The van der Waals surface area contributed by atoms with Gasteiger partial charge in [-0.2, -0.15) is 0 Å². The molecule has 5 atom stereocenters. The Kier molecular flexibility index (Phi) is 7.87. The monoisotopic (exact) mass is 275 g/mol. The first-order valence-electron chi connectivity index (χ1n) is 7.53. The van der Waals surface area contributed by atoms with Crippen molar-refractivity contribution in [3.8, 4) is 0 Å². The smallest absolute Gasteiger partial charge is 0.0993 e. The van der Waals surface area contributed by atoms with E-state index in [0.717, 1.165) is 19.3 Å². The lowest BCUT2D eigenvalue weighted by Crippen LogP contribution is -2.45. The summed E-state index contributed by atoms with van der Waals surface area (Å²) in [4.78, 5) is 0. The van der Waals surface area contributed by atoms with Gasteiger partial charge < -0.3 is 25.7 Å². The Labute approximate surface area is 115 Å². The summed E-state index contributed by atoms with van der Waals surface area (Å²) in [6.45, 7) is 1.78. The Morgan fingerprint density at radius 1 is 1.00 bits per heavy atom. The van der Waals surface area contributed by atoms with Crippen LogP contribution >= 0.6 is 0 Å². The molecule has 0 aromatic heterocycles. The van der Waals surface area contributed by atoms with E-state index in [1.54, 1.807) is 0 Å². The minimum atomic E-state index is -1.03. The molecular weight excluding hydrogens is 246 g/mol. The SMILES string of the molecule is CCCCCCCC[C@@H]1N[C@@H]([C@@H](O)CO)[C@H](O)[C@@H]1O. The maximum atomic E-state index is 9.91. The molecule has 5 N–H and O–H groups in total. The van der Waals surface area contributed by atoms with Gasteiger partial charge in [0, 0.05) is 6.04 Å². The molecule has 1 aliphatic rings. The molecule has 0 aliphatic carbocycles. The van der Waals surface area contributed by atoms with E-state index in [2.05, 4.69) is 12.2 Å². The lowest BCUT2D eigenvalue weighted by Gasteiger charge is -2.19. The Balaban J connectivity index is 2.23. The summed E-state index contributed by atoms with van der Waals surface area (Å²) in [6.07, 6.45) is 5.01. The fraction of sp³-hybridized carbons (Fsp3) is 1.00.